The first-order valence-electron chi connectivity index (χ1n) is 6.84. The summed E-state index contributed by atoms with van der Waals surface area (Å²) in [6, 6.07) is 4.46. The molecule has 0 aliphatic rings. The van der Waals surface area contributed by atoms with Crippen molar-refractivity contribution in [2.24, 2.45) is 0 Å². The van der Waals surface area contributed by atoms with E-state index in [-0.39, 0.29) is 16.9 Å². The van der Waals surface area contributed by atoms with Gasteiger partial charge in [0.25, 0.3) is 0 Å². The number of ketones is 1. The minimum atomic E-state index is -0.759. The van der Waals surface area contributed by atoms with Gasteiger partial charge in [0.2, 0.25) is 5.75 Å². The Morgan fingerprint density at radius 3 is 2.13 bits per heavy atom. The second-order valence-electron chi connectivity index (χ2n) is 4.85. The van der Waals surface area contributed by atoms with Crippen LogP contribution in [0.15, 0.2) is 24.3 Å². The van der Waals surface area contributed by atoms with E-state index >= 15 is 0 Å². The van der Waals surface area contributed by atoms with Crippen molar-refractivity contribution in [1.82, 2.24) is 0 Å². The van der Waals surface area contributed by atoms with Crippen LogP contribution in [0.3, 0.4) is 0 Å². The summed E-state index contributed by atoms with van der Waals surface area (Å²) in [7, 11) is 0. The Hall–Kier alpha value is -3.09. The zero-order valence-corrected chi connectivity index (χ0v) is 12.3. The second-order valence-corrected chi connectivity index (χ2v) is 4.85. The van der Waals surface area contributed by atoms with Crippen LogP contribution in [-0.4, -0.2) is 37.9 Å². The van der Waals surface area contributed by atoms with Gasteiger partial charge in [0.15, 0.2) is 34.5 Å². The van der Waals surface area contributed by atoms with E-state index in [9.17, 15) is 30.3 Å². The maximum absolute atomic E-state index is 12.3. The number of ether oxygens (including phenoxy) is 1. The number of carbonyl (C=O) groups is 1. The molecule has 0 heterocycles. The summed E-state index contributed by atoms with van der Waals surface area (Å²) in [5.41, 5.74) is -0.412. The van der Waals surface area contributed by atoms with Crippen LogP contribution in [0.4, 0.5) is 0 Å². The van der Waals surface area contributed by atoms with Crippen molar-refractivity contribution in [1.29, 1.82) is 0 Å². The summed E-state index contributed by atoms with van der Waals surface area (Å²) in [6.45, 7) is 2.21. The lowest BCUT2D eigenvalue weighted by molar-refractivity contribution is 0.103. The van der Waals surface area contributed by atoms with Gasteiger partial charge in [-0.15, -0.1) is 0 Å². The molecule has 0 amide bonds. The van der Waals surface area contributed by atoms with E-state index in [1.807, 2.05) is 6.92 Å². The van der Waals surface area contributed by atoms with Gasteiger partial charge in [0.05, 0.1) is 12.2 Å². The third-order valence-electron chi connectivity index (χ3n) is 3.15. The number of hydrogen-bond donors (Lipinski definition) is 5. The smallest absolute Gasteiger partial charge is 0.201 e. The fourth-order valence-corrected chi connectivity index (χ4v) is 1.96. The lowest BCUT2D eigenvalue weighted by atomic mass is 10.0. The lowest BCUT2D eigenvalue weighted by Crippen LogP contribution is -2.03. The molecule has 2 rings (SSSR count). The van der Waals surface area contributed by atoms with Crippen LogP contribution in [0.25, 0.3) is 0 Å². The van der Waals surface area contributed by atoms with Crippen LogP contribution in [0.1, 0.15) is 29.3 Å². The Bertz CT molecular complexity index is 729. The number of carbonyl (C=O) groups excluding carboxylic acids is 1. The molecule has 7 heteroatoms. The zero-order chi connectivity index (χ0) is 17.1. The maximum Gasteiger partial charge on any atom is 0.201 e. The van der Waals surface area contributed by atoms with Crippen LogP contribution < -0.4 is 4.74 Å². The SMILES string of the molecule is CCCOc1ccc(C(=O)c2cc(O)c(O)c(O)c2)c(O)c1O. The lowest BCUT2D eigenvalue weighted by Gasteiger charge is -2.11. The summed E-state index contributed by atoms with van der Waals surface area (Å²) < 4.78 is 5.23. The molecule has 0 aliphatic heterocycles. The van der Waals surface area contributed by atoms with Crippen molar-refractivity contribution < 1.29 is 35.1 Å². The first-order chi connectivity index (χ1) is 10.9. The quantitative estimate of drug-likeness (QED) is 0.422. The van der Waals surface area contributed by atoms with Gasteiger partial charge in [-0.1, -0.05) is 6.92 Å². The summed E-state index contributed by atoms with van der Waals surface area (Å²) in [5.74, 6) is -4.08. The van der Waals surface area contributed by atoms with Crippen molar-refractivity contribution in [3.63, 3.8) is 0 Å². The van der Waals surface area contributed by atoms with Gasteiger partial charge >= 0.3 is 0 Å². The van der Waals surface area contributed by atoms with Crippen molar-refractivity contribution in [3.8, 4) is 34.5 Å². The van der Waals surface area contributed by atoms with Crippen LogP contribution in [-0.2, 0) is 0 Å². The minimum absolute atomic E-state index is 0.0392. The van der Waals surface area contributed by atoms with Gasteiger partial charge in [-0.25, -0.2) is 0 Å². The predicted octanol–water partition coefficient (Wildman–Crippen LogP) is 2.23. The first kappa shape index (κ1) is 16.3. The van der Waals surface area contributed by atoms with E-state index in [1.165, 1.54) is 12.1 Å². The standard InChI is InChI=1S/C16H16O7/c1-2-5-23-12-4-3-9(14(20)16(12)22)13(19)8-6-10(17)15(21)11(18)7-8/h3-4,6-7,17-18,20-22H,2,5H2,1H3. The van der Waals surface area contributed by atoms with Gasteiger partial charge in [-0.3, -0.25) is 4.79 Å². The van der Waals surface area contributed by atoms with Crippen molar-refractivity contribution in [2.45, 2.75) is 13.3 Å². The van der Waals surface area contributed by atoms with Crippen LogP contribution in [0.2, 0.25) is 0 Å². The fraction of sp³-hybridized carbons (Fsp3) is 0.188. The molecular formula is C16H16O7. The van der Waals surface area contributed by atoms with Crippen molar-refractivity contribution in [3.05, 3.63) is 35.4 Å². The Balaban J connectivity index is 2.42. The third-order valence-corrected chi connectivity index (χ3v) is 3.15. The maximum atomic E-state index is 12.3. The van der Waals surface area contributed by atoms with Gasteiger partial charge < -0.3 is 30.3 Å². The molecule has 23 heavy (non-hydrogen) atoms. The van der Waals surface area contributed by atoms with E-state index in [4.69, 9.17) is 4.74 Å². The highest BCUT2D eigenvalue weighted by Gasteiger charge is 2.21. The summed E-state index contributed by atoms with van der Waals surface area (Å²) in [6.07, 6.45) is 0.701. The second kappa shape index (κ2) is 6.35. The average molecular weight is 320 g/mol. The van der Waals surface area contributed by atoms with E-state index in [0.717, 1.165) is 12.1 Å². The molecule has 0 unspecified atom stereocenters. The number of phenolic OH excluding ortho intramolecular Hbond substituents is 5. The van der Waals surface area contributed by atoms with Crippen LogP contribution >= 0.6 is 0 Å². The molecule has 2 aromatic carbocycles. The molecule has 0 aromatic heterocycles. The Labute approximate surface area is 131 Å². The highest BCUT2D eigenvalue weighted by Crippen LogP contribution is 2.40. The largest absolute Gasteiger partial charge is 0.504 e. The number of rotatable bonds is 5. The van der Waals surface area contributed by atoms with Gasteiger partial charge in [0, 0.05) is 5.56 Å². The molecule has 5 N–H and O–H groups in total. The molecule has 0 radical (unpaired) electrons. The Morgan fingerprint density at radius 2 is 1.57 bits per heavy atom. The number of phenols is 5. The monoisotopic (exact) mass is 320 g/mol. The number of benzene rings is 2. The topological polar surface area (TPSA) is 127 Å². The summed E-state index contributed by atoms with van der Waals surface area (Å²) in [4.78, 5) is 12.3. The molecule has 0 atom stereocenters. The van der Waals surface area contributed by atoms with E-state index < -0.39 is 34.5 Å². The van der Waals surface area contributed by atoms with Crippen LogP contribution in [0, 0.1) is 0 Å². The molecule has 0 spiro atoms. The highest BCUT2D eigenvalue weighted by molar-refractivity contribution is 6.11. The average Bonchev–Trinajstić information content (AvgIpc) is 2.53. The molecule has 0 bridgehead atoms. The molecule has 0 fully saturated rings. The highest BCUT2D eigenvalue weighted by atomic mass is 16.5. The Morgan fingerprint density at radius 1 is 0.957 bits per heavy atom. The van der Waals surface area contributed by atoms with Gasteiger partial charge in [-0.2, -0.15) is 0 Å². The molecule has 7 nitrogen and oxygen atoms in total. The Kier molecular flexibility index (Phi) is 4.49. The minimum Gasteiger partial charge on any atom is -0.504 e. The summed E-state index contributed by atoms with van der Waals surface area (Å²) in [5, 5.41) is 48.0. The van der Waals surface area contributed by atoms with Gasteiger partial charge in [0.1, 0.15) is 0 Å². The van der Waals surface area contributed by atoms with E-state index in [0.29, 0.717) is 13.0 Å². The normalized spacial score (nSPS) is 10.5. The zero-order valence-electron chi connectivity index (χ0n) is 12.3. The number of hydrogen-bond acceptors (Lipinski definition) is 7. The first-order valence-corrected chi connectivity index (χ1v) is 6.84. The molecule has 2 aromatic rings. The predicted molar refractivity (Wildman–Crippen MR) is 80.4 cm³/mol. The third kappa shape index (κ3) is 3.08. The number of aromatic hydroxyl groups is 5. The molecule has 0 saturated heterocycles. The van der Waals surface area contributed by atoms with E-state index in [2.05, 4.69) is 0 Å². The summed E-state index contributed by atoms with van der Waals surface area (Å²) >= 11 is 0. The fourth-order valence-electron chi connectivity index (χ4n) is 1.96. The van der Waals surface area contributed by atoms with E-state index in [1.54, 1.807) is 0 Å². The molecule has 0 saturated carbocycles. The van der Waals surface area contributed by atoms with Crippen molar-refractivity contribution in [2.75, 3.05) is 6.61 Å². The molecule has 0 aliphatic carbocycles. The molecule has 122 valence electrons. The van der Waals surface area contributed by atoms with Crippen LogP contribution in [0.5, 0.6) is 34.5 Å². The van der Waals surface area contributed by atoms with Gasteiger partial charge in [-0.05, 0) is 30.7 Å². The van der Waals surface area contributed by atoms with Crippen molar-refractivity contribution >= 4 is 5.78 Å². The molecular weight excluding hydrogens is 304 g/mol.